The van der Waals surface area contributed by atoms with E-state index in [4.69, 9.17) is 0 Å². The molecule has 4 heteroatoms. The Kier molecular flexibility index (Phi) is 2.43. The van der Waals surface area contributed by atoms with Crippen molar-refractivity contribution in [2.24, 2.45) is 5.92 Å². The molecule has 0 N–H and O–H groups in total. The van der Waals surface area contributed by atoms with Gasteiger partial charge in [0.2, 0.25) is 0 Å². The van der Waals surface area contributed by atoms with Gasteiger partial charge in [0, 0.05) is 0 Å². The number of hydrogen-bond acceptors (Lipinski definition) is 1. The van der Waals surface area contributed by atoms with Crippen molar-refractivity contribution in [3.63, 3.8) is 0 Å². The van der Waals surface area contributed by atoms with E-state index >= 15 is 0 Å². The first kappa shape index (κ1) is 9.53. The van der Waals surface area contributed by atoms with Crippen LogP contribution in [0.3, 0.4) is 0 Å². The fourth-order valence-electron chi connectivity index (χ4n) is 1.11. The first-order valence-electron chi connectivity index (χ1n) is 3.49. The van der Waals surface area contributed by atoms with Crippen molar-refractivity contribution in [3.8, 4) is 0 Å². The minimum atomic E-state index is -2.19. The van der Waals surface area contributed by atoms with Gasteiger partial charge in [-0.1, -0.05) is 21.4 Å². The quantitative estimate of drug-likeness (QED) is 0.579. The van der Waals surface area contributed by atoms with Crippen LogP contribution in [-0.2, 0) is 4.79 Å². The summed E-state index contributed by atoms with van der Waals surface area (Å²) in [6.07, 6.45) is 3.74. The van der Waals surface area contributed by atoms with Gasteiger partial charge >= 0.3 is 0 Å². The second-order valence-corrected chi connectivity index (χ2v) is 3.42. The van der Waals surface area contributed by atoms with Gasteiger partial charge in [0.05, 0.1) is 5.92 Å². The molecule has 0 aromatic heterocycles. The Bertz CT molecular complexity index is 268. The van der Waals surface area contributed by atoms with Gasteiger partial charge in [0.15, 0.2) is 11.2 Å². The van der Waals surface area contributed by atoms with E-state index in [0.29, 0.717) is 0 Å². The maximum atomic E-state index is 13.5. The van der Waals surface area contributed by atoms with E-state index in [1.807, 2.05) is 9.24 Å². The van der Waals surface area contributed by atoms with Crippen LogP contribution in [0.15, 0.2) is 24.1 Å². The maximum absolute atomic E-state index is 13.5. The molecule has 0 aliphatic heterocycles. The number of hydrogen-bond donors (Lipinski definition) is 0. The highest BCUT2D eigenvalue weighted by molar-refractivity contribution is 7.40. The second kappa shape index (κ2) is 3.06. The lowest BCUT2D eigenvalue weighted by Crippen LogP contribution is -2.34. The fourth-order valence-corrected chi connectivity index (χ4v) is 1.53. The van der Waals surface area contributed by atoms with Crippen molar-refractivity contribution in [2.45, 2.75) is 12.6 Å². The average molecular weight is 190 g/mol. The van der Waals surface area contributed by atoms with Gasteiger partial charge in [-0.15, -0.1) is 0 Å². The van der Waals surface area contributed by atoms with Crippen LogP contribution in [0.4, 0.5) is 8.78 Å². The van der Waals surface area contributed by atoms with E-state index in [9.17, 15) is 13.6 Å². The Hall–Kier alpha value is -0.560. The normalized spacial score (nSPS) is 34.7. The van der Waals surface area contributed by atoms with E-state index in [1.54, 1.807) is 0 Å². The minimum Gasteiger partial charge on any atom is -0.294 e. The van der Waals surface area contributed by atoms with Crippen LogP contribution in [0.5, 0.6) is 0 Å². The van der Waals surface area contributed by atoms with Crippen LogP contribution >= 0.6 is 9.24 Å². The Labute approximate surface area is 71.7 Å². The van der Waals surface area contributed by atoms with Crippen molar-refractivity contribution >= 4 is 14.8 Å². The van der Waals surface area contributed by atoms with Crippen LogP contribution in [0.25, 0.3) is 0 Å². The van der Waals surface area contributed by atoms with Gasteiger partial charge in [-0.05, 0) is 13.0 Å². The summed E-state index contributed by atoms with van der Waals surface area (Å²) in [5.41, 5.74) is -2.63. The number of carbonyl (C=O) groups is 1. The molecule has 0 spiro atoms. The molecule has 0 saturated carbocycles. The first-order chi connectivity index (χ1) is 5.46. The topological polar surface area (TPSA) is 17.1 Å². The number of rotatable bonds is 1. The second-order valence-electron chi connectivity index (χ2n) is 2.86. The van der Waals surface area contributed by atoms with E-state index in [2.05, 4.69) is 0 Å². The van der Waals surface area contributed by atoms with E-state index < -0.39 is 22.9 Å². The van der Waals surface area contributed by atoms with Gasteiger partial charge in [-0.2, -0.15) is 0 Å². The van der Waals surface area contributed by atoms with Gasteiger partial charge in [-0.3, -0.25) is 4.79 Å². The molecule has 0 bridgehead atoms. The third kappa shape index (κ3) is 1.46. The zero-order valence-electron chi connectivity index (χ0n) is 6.55. The largest absolute Gasteiger partial charge is 0.294 e. The minimum absolute atomic E-state index is 0.445. The number of carbonyl (C=O) groups excluding carboxylic acids is 1. The standard InChI is InChI=1S/C8H9F2OP/c1-8(10)5(7(11)12)3-2-4-6(8)9/h2-5H,12H2,1H3. The molecule has 0 heterocycles. The monoisotopic (exact) mass is 190 g/mol. The highest BCUT2D eigenvalue weighted by Crippen LogP contribution is 2.36. The molecule has 0 aromatic carbocycles. The van der Waals surface area contributed by atoms with Crippen LogP contribution in [0, 0.1) is 5.92 Å². The lowest BCUT2D eigenvalue weighted by Gasteiger charge is -2.26. The molecule has 1 nitrogen and oxygen atoms in total. The predicted molar refractivity (Wildman–Crippen MR) is 46.1 cm³/mol. The fraction of sp³-hybridized carbons (Fsp3) is 0.375. The smallest absolute Gasteiger partial charge is 0.172 e. The van der Waals surface area contributed by atoms with Crippen molar-refractivity contribution in [1.82, 2.24) is 0 Å². The summed E-state index contributed by atoms with van der Waals surface area (Å²) in [6, 6.07) is 0. The van der Waals surface area contributed by atoms with Crippen LogP contribution in [-0.4, -0.2) is 11.2 Å². The number of allylic oxidation sites excluding steroid dienone is 4. The summed E-state index contributed by atoms with van der Waals surface area (Å²) in [6.45, 7) is 1.06. The van der Waals surface area contributed by atoms with Gasteiger partial charge < -0.3 is 0 Å². The van der Waals surface area contributed by atoms with Gasteiger partial charge in [-0.25, -0.2) is 8.78 Å². The summed E-state index contributed by atoms with van der Waals surface area (Å²) in [5, 5.41) is 0. The van der Waals surface area contributed by atoms with Crippen LogP contribution in [0.2, 0.25) is 0 Å². The molecule has 1 aliphatic rings. The van der Waals surface area contributed by atoms with Crippen molar-refractivity contribution in [2.75, 3.05) is 0 Å². The van der Waals surface area contributed by atoms with Crippen LogP contribution < -0.4 is 0 Å². The molecule has 3 atom stereocenters. The van der Waals surface area contributed by atoms with Gasteiger partial charge in [0.1, 0.15) is 5.83 Å². The maximum Gasteiger partial charge on any atom is 0.172 e. The van der Waals surface area contributed by atoms with E-state index in [-0.39, 0.29) is 0 Å². The molecule has 3 unspecified atom stereocenters. The molecule has 66 valence electrons. The molecule has 0 radical (unpaired) electrons. The number of halogens is 2. The summed E-state index contributed by atoms with van der Waals surface area (Å²) in [5.74, 6) is -1.92. The van der Waals surface area contributed by atoms with Gasteiger partial charge in [0.25, 0.3) is 0 Å². The molecule has 12 heavy (non-hydrogen) atoms. The third-order valence-corrected chi connectivity index (χ3v) is 2.26. The zero-order chi connectivity index (χ0) is 9.35. The molecule has 0 aromatic rings. The van der Waals surface area contributed by atoms with Crippen LogP contribution in [0.1, 0.15) is 6.92 Å². The highest BCUT2D eigenvalue weighted by atomic mass is 31.0. The molecule has 1 aliphatic carbocycles. The lowest BCUT2D eigenvalue weighted by molar-refractivity contribution is -0.116. The number of alkyl halides is 1. The molecular formula is C8H9F2OP. The SMILES string of the molecule is CC1(F)C(F)=CC=CC1C(=O)P. The first-order valence-corrected chi connectivity index (χ1v) is 4.06. The van der Waals surface area contributed by atoms with E-state index in [1.165, 1.54) is 12.2 Å². The molecule has 0 amide bonds. The molecule has 0 saturated heterocycles. The Balaban J connectivity index is 3.01. The summed E-state index contributed by atoms with van der Waals surface area (Å²) in [7, 11) is 1.86. The Morgan fingerprint density at radius 2 is 2.33 bits per heavy atom. The predicted octanol–water partition coefficient (Wildman–Crippen LogP) is 2.16. The van der Waals surface area contributed by atoms with Crippen molar-refractivity contribution < 1.29 is 13.6 Å². The lowest BCUT2D eigenvalue weighted by atomic mass is 9.87. The summed E-state index contributed by atoms with van der Waals surface area (Å²) >= 11 is 0. The molecule has 0 fully saturated rings. The zero-order valence-corrected chi connectivity index (χ0v) is 7.71. The molecule has 1 rings (SSSR count). The summed E-state index contributed by atoms with van der Waals surface area (Å²) in [4.78, 5) is 10.8. The van der Waals surface area contributed by atoms with E-state index in [0.717, 1.165) is 13.0 Å². The van der Waals surface area contributed by atoms with Crippen molar-refractivity contribution in [3.05, 3.63) is 24.1 Å². The highest BCUT2D eigenvalue weighted by Gasteiger charge is 2.41. The average Bonchev–Trinajstić information content (AvgIpc) is 1.94. The van der Waals surface area contributed by atoms with Crippen molar-refractivity contribution in [1.29, 1.82) is 0 Å². The Morgan fingerprint density at radius 3 is 2.75 bits per heavy atom. The summed E-state index contributed by atoms with van der Waals surface area (Å²) < 4.78 is 26.3. The third-order valence-electron chi connectivity index (χ3n) is 1.90. The molecular weight excluding hydrogens is 181 g/mol. The Morgan fingerprint density at radius 1 is 1.75 bits per heavy atom.